The second-order valence-electron chi connectivity index (χ2n) is 5.07. The number of rotatable bonds is 2. The highest BCUT2D eigenvalue weighted by atomic mass is 33.1. The fourth-order valence-corrected chi connectivity index (χ4v) is 4.95. The van der Waals surface area contributed by atoms with Gasteiger partial charge in [0.1, 0.15) is 0 Å². The molecule has 104 valence electrons. The van der Waals surface area contributed by atoms with E-state index in [1.165, 1.54) is 44.2 Å². The van der Waals surface area contributed by atoms with Crippen molar-refractivity contribution in [1.82, 2.24) is 15.1 Å². The van der Waals surface area contributed by atoms with E-state index in [1.54, 1.807) is 0 Å². The first-order chi connectivity index (χ1) is 8.70. The van der Waals surface area contributed by atoms with Gasteiger partial charge in [0.15, 0.2) is 0 Å². The molecule has 18 heavy (non-hydrogen) atoms. The summed E-state index contributed by atoms with van der Waals surface area (Å²) in [6.07, 6.45) is 2.63. The molecule has 0 bridgehead atoms. The second kappa shape index (κ2) is 7.03. The summed E-state index contributed by atoms with van der Waals surface area (Å²) in [5.41, 5.74) is 0.415. The predicted octanol–water partition coefficient (Wildman–Crippen LogP) is 1.30. The average Bonchev–Trinajstić information content (AvgIpc) is 2.79. The van der Waals surface area contributed by atoms with E-state index in [9.17, 15) is 0 Å². The van der Waals surface area contributed by atoms with Crippen LogP contribution >= 0.6 is 21.6 Å². The number of nitrogens with zero attached hydrogens (tertiary/aromatic N) is 3. The van der Waals surface area contributed by atoms with Crippen LogP contribution in [-0.2, 0) is 0 Å². The summed E-state index contributed by atoms with van der Waals surface area (Å²) in [5, 5.41) is 4.98. The molecular formula is C12H25N4S2+. The zero-order valence-corrected chi connectivity index (χ0v) is 13.3. The lowest BCUT2D eigenvalue weighted by Gasteiger charge is -2.23. The fraction of sp³-hybridized carbons (Fsp3) is 0.917. The van der Waals surface area contributed by atoms with Crippen molar-refractivity contribution in [1.29, 1.82) is 0 Å². The van der Waals surface area contributed by atoms with Gasteiger partial charge in [-0.25, -0.2) is 5.32 Å². The quantitative estimate of drug-likeness (QED) is 0.609. The minimum atomic E-state index is 0.415. The first-order valence-corrected chi connectivity index (χ1v) is 9.02. The Balaban J connectivity index is 1.98. The Morgan fingerprint density at radius 1 is 1.33 bits per heavy atom. The van der Waals surface area contributed by atoms with Gasteiger partial charge in [-0.2, -0.15) is 0 Å². The maximum absolute atomic E-state index is 3.62. The van der Waals surface area contributed by atoms with Crippen LogP contribution in [0, 0.1) is 0 Å². The van der Waals surface area contributed by atoms with Crippen molar-refractivity contribution in [3.05, 3.63) is 0 Å². The molecule has 0 aromatic heterocycles. The summed E-state index contributed by atoms with van der Waals surface area (Å²) in [4.78, 5) is 4.79. The Bertz CT molecular complexity index is 306. The van der Waals surface area contributed by atoms with Gasteiger partial charge in [-0.1, -0.05) is 6.92 Å². The monoisotopic (exact) mass is 289 g/mol. The third-order valence-corrected chi connectivity index (χ3v) is 6.17. The largest absolute Gasteiger partial charge is 0.319 e. The van der Waals surface area contributed by atoms with Crippen molar-refractivity contribution >= 4 is 26.8 Å². The van der Waals surface area contributed by atoms with Gasteiger partial charge in [0, 0.05) is 17.3 Å². The van der Waals surface area contributed by atoms with Crippen LogP contribution in [0.4, 0.5) is 0 Å². The third-order valence-electron chi connectivity index (χ3n) is 3.51. The molecular weight excluding hydrogens is 264 g/mol. The Morgan fingerprint density at radius 2 is 2.17 bits per heavy atom. The van der Waals surface area contributed by atoms with E-state index in [4.69, 9.17) is 0 Å². The van der Waals surface area contributed by atoms with Gasteiger partial charge in [0.05, 0.1) is 13.1 Å². The Morgan fingerprint density at radius 3 is 2.83 bits per heavy atom. The highest BCUT2D eigenvalue weighted by Gasteiger charge is 2.32. The lowest BCUT2D eigenvalue weighted by atomic mass is 10.2. The number of hydrogen-bond donors (Lipinski definition) is 1. The van der Waals surface area contributed by atoms with E-state index in [2.05, 4.69) is 40.7 Å². The van der Waals surface area contributed by atoms with Crippen LogP contribution < -0.4 is 5.32 Å². The first-order valence-electron chi connectivity index (χ1n) is 6.81. The SMILES string of the molecule is CCN1CCCC[N+](=C2NC(N(C)C)SS2)CC1. The van der Waals surface area contributed by atoms with Crippen LogP contribution in [0.3, 0.4) is 0 Å². The molecule has 0 spiro atoms. The molecule has 2 aliphatic heterocycles. The maximum Gasteiger partial charge on any atom is 0.319 e. The molecule has 1 N–H and O–H groups in total. The molecule has 0 aliphatic carbocycles. The molecule has 2 aliphatic rings. The smallest absolute Gasteiger partial charge is 0.300 e. The van der Waals surface area contributed by atoms with Gasteiger partial charge >= 0.3 is 5.17 Å². The highest BCUT2D eigenvalue weighted by molar-refractivity contribution is 8.83. The van der Waals surface area contributed by atoms with Crippen molar-refractivity contribution in [3.63, 3.8) is 0 Å². The highest BCUT2D eigenvalue weighted by Crippen LogP contribution is 2.33. The Hall–Kier alpha value is 0.0900. The molecule has 2 heterocycles. The molecule has 2 rings (SSSR count). The zero-order chi connectivity index (χ0) is 13.0. The Kier molecular flexibility index (Phi) is 5.66. The van der Waals surface area contributed by atoms with Gasteiger partial charge in [-0.05, 0) is 50.8 Å². The second-order valence-corrected chi connectivity index (χ2v) is 7.34. The van der Waals surface area contributed by atoms with Crippen molar-refractivity contribution in [2.75, 3.05) is 46.8 Å². The molecule has 4 nitrogen and oxygen atoms in total. The van der Waals surface area contributed by atoms with Crippen LogP contribution in [0.15, 0.2) is 0 Å². The minimum Gasteiger partial charge on any atom is -0.300 e. The van der Waals surface area contributed by atoms with Crippen LogP contribution in [0.1, 0.15) is 19.8 Å². The normalized spacial score (nSPS) is 31.2. The summed E-state index contributed by atoms with van der Waals surface area (Å²) < 4.78 is 2.53. The summed E-state index contributed by atoms with van der Waals surface area (Å²) in [6.45, 7) is 8.27. The van der Waals surface area contributed by atoms with E-state index in [0.29, 0.717) is 5.50 Å². The molecule has 2 fully saturated rings. The van der Waals surface area contributed by atoms with Crippen molar-refractivity contribution < 1.29 is 4.58 Å². The third kappa shape index (κ3) is 3.79. The Labute approximate surface area is 119 Å². The maximum atomic E-state index is 3.62. The van der Waals surface area contributed by atoms with Crippen molar-refractivity contribution in [2.24, 2.45) is 0 Å². The van der Waals surface area contributed by atoms with Crippen LogP contribution in [0.25, 0.3) is 0 Å². The fourth-order valence-electron chi connectivity index (χ4n) is 2.25. The lowest BCUT2D eigenvalue weighted by molar-refractivity contribution is -0.529. The van der Waals surface area contributed by atoms with Crippen LogP contribution in [0.2, 0.25) is 0 Å². The molecule has 1 unspecified atom stereocenters. The summed E-state index contributed by atoms with van der Waals surface area (Å²) in [7, 11) is 8.06. The first kappa shape index (κ1) is 14.5. The van der Waals surface area contributed by atoms with Gasteiger partial charge in [0.25, 0.3) is 0 Å². The molecule has 2 saturated heterocycles. The molecule has 0 aromatic carbocycles. The molecule has 0 amide bonds. The van der Waals surface area contributed by atoms with Gasteiger partial charge in [0.2, 0.25) is 5.50 Å². The standard InChI is InChI=1S/C12H24N4S2/c1-4-15-7-5-6-8-16(10-9-15)12-13-11(14(2)3)17-18-12/h11H,4-10H2,1-3H3/p+1. The number of hydrogen-bond acceptors (Lipinski definition) is 4. The number of nitrogens with one attached hydrogen (secondary N) is 1. The van der Waals surface area contributed by atoms with E-state index >= 15 is 0 Å². The van der Waals surface area contributed by atoms with Crippen molar-refractivity contribution in [2.45, 2.75) is 25.3 Å². The van der Waals surface area contributed by atoms with E-state index in [1.807, 2.05) is 21.6 Å². The topological polar surface area (TPSA) is 21.5 Å². The zero-order valence-electron chi connectivity index (χ0n) is 11.7. The molecule has 6 heteroatoms. The van der Waals surface area contributed by atoms with Crippen LogP contribution in [0.5, 0.6) is 0 Å². The molecule has 0 aromatic rings. The number of likely N-dealkylation sites (N-methyl/N-ethyl adjacent to an activating group) is 1. The molecule has 1 atom stereocenters. The minimum absolute atomic E-state index is 0.415. The van der Waals surface area contributed by atoms with E-state index in [0.717, 1.165) is 6.54 Å². The lowest BCUT2D eigenvalue weighted by Crippen LogP contribution is -2.42. The number of amidine groups is 1. The van der Waals surface area contributed by atoms with Crippen LogP contribution in [-0.4, -0.2) is 71.9 Å². The molecule has 0 saturated carbocycles. The van der Waals surface area contributed by atoms with Crippen molar-refractivity contribution in [3.8, 4) is 0 Å². The van der Waals surface area contributed by atoms with E-state index in [-0.39, 0.29) is 0 Å². The summed E-state index contributed by atoms with van der Waals surface area (Å²) >= 11 is 0. The summed E-state index contributed by atoms with van der Waals surface area (Å²) in [5.74, 6) is 0. The van der Waals surface area contributed by atoms with Gasteiger partial charge in [-0.15, -0.1) is 0 Å². The summed E-state index contributed by atoms with van der Waals surface area (Å²) in [6, 6.07) is 0. The predicted molar refractivity (Wildman–Crippen MR) is 82.1 cm³/mol. The average molecular weight is 289 g/mol. The van der Waals surface area contributed by atoms with Gasteiger partial charge in [-0.3, -0.25) is 14.4 Å². The molecule has 0 radical (unpaired) electrons. The van der Waals surface area contributed by atoms with Gasteiger partial charge < -0.3 is 0 Å². The van der Waals surface area contributed by atoms with E-state index < -0.39 is 0 Å².